The van der Waals surface area contributed by atoms with E-state index in [2.05, 4.69) is 20.3 Å². The summed E-state index contributed by atoms with van der Waals surface area (Å²) in [7, 11) is 0. The standard InChI is InChI=1S/C19H18FN5O/c1-11-16(12(2)24-23-11)8-7-15-9-18(26)25-19(22-15)17(10-21-25)13-3-5-14(20)6-4-13/h3-6,9-10,22H,7-8H2,1-2H3,(H,23,24). The van der Waals surface area contributed by atoms with Crippen LogP contribution in [0.25, 0.3) is 16.8 Å². The Morgan fingerprint density at radius 1 is 1.15 bits per heavy atom. The van der Waals surface area contributed by atoms with Crippen LogP contribution in [0.4, 0.5) is 4.39 Å². The summed E-state index contributed by atoms with van der Waals surface area (Å²) in [5.41, 5.74) is 5.99. The van der Waals surface area contributed by atoms with Crippen molar-refractivity contribution in [2.45, 2.75) is 26.7 Å². The Morgan fingerprint density at radius 2 is 1.92 bits per heavy atom. The van der Waals surface area contributed by atoms with Crippen LogP contribution >= 0.6 is 0 Å². The van der Waals surface area contributed by atoms with Crippen molar-refractivity contribution in [2.75, 3.05) is 0 Å². The van der Waals surface area contributed by atoms with Crippen LogP contribution in [0.2, 0.25) is 0 Å². The van der Waals surface area contributed by atoms with Gasteiger partial charge in [0.1, 0.15) is 11.5 Å². The topological polar surface area (TPSA) is 78.8 Å². The number of halogens is 1. The summed E-state index contributed by atoms with van der Waals surface area (Å²) in [5.74, 6) is -0.301. The van der Waals surface area contributed by atoms with Crippen LogP contribution in [0.3, 0.4) is 0 Å². The normalized spacial score (nSPS) is 11.3. The van der Waals surface area contributed by atoms with E-state index in [1.54, 1.807) is 24.4 Å². The van der Waals surface area contributed by atoms with E-state index in [9.17, 15) is 9.18 Å². The number of H-pyrrole nitrogens is 2. The molecule has 26 heavy (non-hydrogen) atoms. The fraction of sp³-hybridized carbons (Fsp3) is 0.211. The van der Waals surface area contributed by atoms with Crippen molar-refractivity contribution in [3.05, 3.63) is 75.3 Å². The number of aromatic amines is 2. The van der Waals surface area contributed by atoms with Gasteiger partial charge in [0.2, 0.25) is 0 Å². The molecule has 0 aliphatic carbocycles. The Hall–Kier alpha value is -3.22. The lowest BCUT2D eigenvalue weighted by atomic mass is 10.1. The lowest BCUT2D eigenvalue weighted by molar-refractivity contribution is 0.628. The number of aromatic nitrogens is 5. The fourth-order valence-electron chi connectivity index (χ4n) is 3.21. The maximum Gasteiger partial charge on any atom is 0.274 e. The third-order valence-corrected chi connectivity index (χ3v) is 4.63. The Morgan fingerprint density at radius 3 is 2.62 bits per heavy atom. The summed E-state index contributed by atoms with van der Waals surface area (Å²) < 4.78 is 14.5. The third kappa shape index (κ3) is 2.81. The first-order valence-electron chi connectivity index (χ1n) is 8.39. The first-order valence-corrected chi connectivity index (χ1v) is 8.39. The lowest BCUT2D eigenvalue weighted by Gasteiger charge is -2.05. The smallest absolute Gasteiger partial charge is 0.274 e. The molecule has 1 aromatic carbocycles. The molecule has 3 aromatic heterocycles. The molecule has 0 saturated carbocycles. The number of fused-ring (bicyclic) bond motifs is 1. The highest BCUT2D eigenvalue weighted by Gasteiger charge is 2.12. The van der Waals surface area contributed by atoms with Crippen LogP contribution in [0.5, 0.6) is 0 Å². The zero-order valence-electron chi connectivity index (χ0n) is 14.5. The SMILES string of the molecule is Cc1n[nH]c(C)c1CCc1cc(=O)n2ncc(-c3ccc(F)cc3)c2[nH]1. The van der Waals surface area contributed by atoms with Gasteiger partial charge in [-0.25, -0.2) is 4.39 Å². The summed E-state index contributed by atoms with van der Waals surface area (Å²) in [6, 6.07) is 7.71. The number of rotatable bonds is 4. The molecular weight excluding hydrogens is 333 g/mol. The predicted octanol–water partition coefficient (Wildman–Crippen LogP) is 2.95. The van der Waals surface area contributed by atoms with Gasteiger partial charge in [-0.1, -0.05) is 12.1 Å². The number of hydrogen-bond acceptors (Lipinski definition) is 3. The minimum absolute atomic E-state index is 0.192. The first-order chi connectivity index (χ1) is 12.5. The van der Waals surface area contributed by atoms with Crippen molar-refractivity contribution < 1.29 is 4.39 Å². The summed E-state index contributed by atoms with van der Waals surface area (Å²) in [6.07, 6.45) is 3.08. The van der Waals surface area contributed by atoms with Crippen molar-refractivity contribution in [1.82, 2.24) is 24.8 Å². The van der Waals surface area contributed by atoms with Gasteiger partial charge in [-0.05, 0) is 49.9 Å². The second kappa shape index (κ2) is 6.25. The summed E-state index contributed by atoms with van der Waals surface area (Å²) in [4.78, 5) is 15.7. The van der Waals surface area contributed by atoms with E-state index in [4.69, 9.17) is 0 Å². The molecule has 4 rings (SSSR count). The fourth-order valence-corrected chi connectivity index (χ4v) is 3.21. The number of nitrogens with one attached hydrogen (secondary N) is 2. The van der Waals surface area contributed by atoms with E-state index in [-0.39, 0.29) is 11.4 Å². The molecule has 6 nitrogen and oxygen atoms in total. The largest absolute Gasteiger partial charge is 0.343 e. The van der Waals surface area contributed by atoms with E-state index in [1.807, 2.05) is 13.8 Å². The van der Waals surface area contributed by atoms with Crippen molar-refractivity contribution in [3.63, 3.8) is 0 Å². The molecule has 0 aliphatic heterocycles. The van der Waals surface area contributed by atoms with E-state index < -0.39 is 0 Å². The zero-order chi connectivity index (χ0) is 18.3. The molecule has 0 atom stereocenters. The second-order valence-corrected chi connectivity index (χ2v) is 6.37. The van der Waals surface area contributed by atoms with Gasteiger partial charge in [0.25, 0.3) is 5.56 Å². The molecule has 0 spiro atoms. The van der Waals surface area contributed by atoms with Crippen LogP contribution in [-0.4, -0.2) is 24.8 Å². The molecule has 0 unspecified atom stereocenters. The van der Waals surface area contributed by atoms with E-state index in [1.165, 1.54) is 16.6 Å². The minimum Gasteiger partial charge on any atom is -0.343 e. The van der Waals surface area contributed by atoms with Gasteiger partial charge in [0.05, 0.1) is 11.9 Å². The van der Waals surface area contributed by atoms with Gasteiger partial charge in [-0.3, -0.25) is 9.89 Å². The van der Waals surface area contributed by atoms with Gasteiger partial charge in [-0.2, -0.15) is 14.7 Å². The van der Waals surface area contributed by atoms with Gasteiger partial charge in [-0.15, -0.1) is 0 Å². The van der Waals surface area contributed by atoms with Crippen molar-refractivity contribution in [1.29, 1.82) is 0 Å². The van der Waals surface area contributed by atoms with E-state index in [0.717, 1.165) is 40.2 Å². The average molecular weight is 351 g/mol. The highest BCUT2D eigenvalue weighted by atomic mass is 19.1. The molecule has 0 bridgehead atoms. The molecule has 3 heterocycles. The minimum atomic E-state index is -0.301. The van der Waals surface area contributed by atoms with E-state index in [0.29, 0.717) is 12.1 Å². The lowest BCUT2D eigenvalue weighted by Crippen LogP contribution is -2.16. The third-order valence-electron chi connectivity index (χ3n) is 4.63. The Balaban J connectivity index is 1.72. The van der Waals surface area contributed by atoms with Gasteiger partial charge < -0.3 is 4.98 Å². The molecule has 2 N–H and O–H groups in total. The van der Waals surface area contributed by atoms with Crippen LogP contribution in [0.15, 0.2) is 41.3 Å². The first kappa shape index (κ1) is 16.3. The van der Waals surface area contributed by atoms with E-state index >= 15 is 0 Å². The summed E-state index contributed by atoms with van der Waals surface area (Å²) >= 11 is 0. The molecule has 0 fully saturated rings. The molecule has 4 aromatic rings. The quantitative estimate of drug-likeness (QED) is 0.593. The molecule has 7 heteroatoms. The van der Waals surface area contributed by atoms with Crippen LogP contribution in [0, 0.1) is 19.7 Å². The molecule has 0 saturated heterocycles. The molecule has 0 radical (unpaired) electrons. The Labute approximate surface area is 148 Å². The summed E-state index contributed by atoms with van der Waals surface area (Å²) in [6.45, 7) is 3.96. The van der Waals surface area contributed by atoms with Gasteiger partial charge in [0, 0.05) is 23.0 Å². The van der Waals surface area contributed by atoms with Crippen LogP contribution < -0.4 is 5.56 Å². The maximum absolute atomic E-state index is 13.2. The van der Waals surface area contributed by atoms with Gasteiger partial charge >= 0.3 is 0 Å². The average Bonchev–Trinajstić information content (AvgIpc) is 3.18. The monoisotopic (exact) mass is 351 g/mol. The van der Waals surface area contributed by atoms with Crippen LogP contribution in [0.1, 0.15) is 22.6 Å². The number of benzene rings is 1. The Bertz CT molecular complexity index is 1120. The van der Waals surface area contributed by atoms with Crippen molar-refractivity contribution in [3.8, 4) is 11.1 Å². The number of aryl methyl sites for hydroxylation is 3. The van der Waals surface area contributed by atoms with Gasteiger partial charge in [0.15, 0.2) is 0 Å². The van der Waals surface area contributed by atoms with Crippen LogP contribution in [-0.2, 0) is 12.8 Å². The predicted molar refractivity (Wildman–Crippen MR) is 96.7 cm³/mol. The zero-order valence-corrected chi connectivity index (χ0v) is 14.5. The number of hydrogen-bond donors (Lipinski definition) is 2. The highest BCUT2D eigenvalue weighted by molar-refractivity contribution is 5.76. The number of nitrogens with zero attached hydrogens (tertiary/aromatic N) is 3. The van der Waals surface area contributed by atoms with Crippen molar-refractivity contribution >= 4 is 5.65 Å². The molecule has 0 aliphatic rings. The Kier molecular flexibility index (Phi) is 3.91. The highest BCUT2D eigenvalue weighted by Crippen LogP contribution is 2.23. The maximum atomic E-state index is 13.2. The molecule has 0 amide bonds. The summed E-state index contributed by atoms with van der Waals surface area (Å²) in [5, 5.41) is 11.3. The molecular formula is C19H18FN5O. The second-order valence-electron chi connectivity index (χ2n) is 6.37. The van der Waals surface area contributed by atoms with Crippen molar-refractivity contribution in [2.24, 2.45) is 0 Å². The molecule has 132 valence electrons.